The van der Waals surface area contributed by atoms with Gasteiger partial charge in [-0.05, 0) is 38.1 Å². The van der Waals surface area contributed by atoms with Gasteiger partial charge in [0.2, 0.25) is 5.88 Å². The molecule has 0 unspecified atom stereocenters. The summed E-state index contributed by atoms with van der Waals surface area (Å²) in [6.07, 6.45) is 0. The quantitative estimate of drug-likeness (QED) is 0.455. The number of aromatic nitrogens is 3. The van der Waals surface area contributed by atoms with Crippen molar-refractivity contribution in [3.63, 3.8) is 0 Å². The molecule has 146 valence electrons. The molecule has 0 aliphatic heterocycles. The topological polar surface area (TPSA) is 90.1 Å². The SMILES string of the molecule is CCOC(=O)c1c(-c2ccc(Cl)cc2)noc1Nc1nc2ccccc2nc1C. The number of halogens is 1. The van der Waals surface area contributed by atoms with E-state index in [-0.39, 0.29) is 18.1 Å². The first-order valence-electron chi connectivity index (χ1n) is 9.00. The number of hydrogen-bond donors (Lipinski definition) is 1. The third-order valence-corrected chi connectivity index (χ3v) is 4.52. The number of ether oxygens (including phenoxy) is 1. The van der Waals surface area contributed by atoms with E-state index < -0.39 is 5.97 Å². The zero-order chi connectivity index (χ0) is 20.4. The number of anilines is 2. The third-order valence-electron chi connectivity index (χ3n) is 4.27. The average Bonchev–Trinajstić information content (AvgIpc) is 3.13. The van der Waals surface area contributed by atoms with Crippen LogP contribution < -0.4 is 5.32 Å². The van der Waals surface area contributed by atoms with Gasteiger partial charge in [0.1, 0.15) is 5.69 Å². The molecule has 0 spiro atoms. The summed E-state index contributed by atoms with van der Waals surface area (Å²) < 4.78 is 10.7. The second-order valence-corrected chi connectivity index (χ2v) is 6.67. The van der Waals surface area contributed by atoms with Crippen LogP contribution in [0.2, 0.25) is 5.02 Å². The van der Waals surface area contributed by atoms with Crippen LogP contribution >= 0.6 is 11.6 Å². The first-order chi connectivity index (χ1) is 14.1. The van der Waals surface area contributed by atoms with Crippen LogP contribution in [0.3, 0.4) is 0 Å². The van der Waals surface area contributed by atoms with E-state index >= 15 is 0 Å². The molecule has 4 aromatic rings. The van der Waals surface area contributed by atoms with Crippen LogP contribution in [-0.4, -0.2) is 27.7 Å². The van der Waals surface area contributed by atoms with E-state index in [1.807, 2.05) is 31.2 Å². The smallest absolute Gasteiger partial charge is 0.346 e. The molecule has 2 aromatic carbocycles. The molecule has 7 nitrogen and oxygen atoms in total. The highest BCUT2D eigenvalue weighted by molar-refractivity contribution is 6.30. The summed E-state index contributed by atoms with van der Waals surface area (Å²) in [4.78, 5) is 21.8. The van der Waals surface area contributed by atoms with Crippen molar-refractivity contribution < 1.29 is 14.1 Å². The zero-order valence-corrected chi connectivity index (χ0v) is 16.5. The summed E-state index contributed by atoms with van der Waals surface area (Å²) in [5.74, 6) is 0.0572. The van der Waals surface area contributed by atoms with Gasteiger partial charge in [-0.1, -0.05) is 41.0 Å². The molecule has 2 aromatic heterocycles. The number of rotatable bonds is 5. The molecule has 0 aliphatic rings. The largest absolute Gasteiger partial charge is 0.462 e. The molecule has 0 saturated carbocycles. The normalized spacial score (nSPS) is 10.9. The molecule has 0 amide bonds. The molecule has 8 heteroatoms. The van der Waals surface area contributed by atoms with Crippen molar-refractivity contribution in [2.24, 2.45) is 0 Å². The highest BCUT2D eigenvalue weighted by Crippen LogP contribution is 2.32. The van der Waals surface area contributed by atoms with Crippen LogP contribution in [0, 0.1) is 6.92 Å². The van der Waals surface area contributed by atoms with E-state index in [4.69, 9.17) is 20.9 Å². The number of esters is 1. The van der Waals surface area contributed by atoms with Crippen molar-refractivity contribution in [1.82, 2.24) is 15.1 Å². The fourth-order valence-electron chi connectivity index (χ4n) is 2.89. The van der Waals surface area contributed by atoms with Crippen molar-refractivity contribution >= 4 is 40.3 Å². The summed E-state index contributed by atoms with van der Waals surface area (Å²) in [6.45, 7) is 3.78. The molecular weight excluding hydrogens is 392 g/mol. The Hall–Kier alpha value is -3.45. The van der Waals surface area contributed by atoms with Crippen molar-refractivity contribution in [3.05, 3.63) is 64.8 Å². The first-order valence-corrected chi connectivity index (χ1v) is 9.37. The number of carbonyl (C=O) groups excluding carboxylic acids is 1. The Morgan fingerprint density at radius 1 is 1.10 bits per heavy atom. The van der Waals surface area contributed by atoms with Gasteiger partial charge in [-0.25, -0.2) is 14.8 Å². The van der Waals surface area contributed by atoms with E-state index in [2.05, 4.69) is 20.4 Å². The molecule has 0 aliphatic carbocycles. The van der Waals surface area contributed by atoms with Crippen molar-refractivity contribution in [2.45, 2.75) is 13.8 Å². The maximum absolute atomic E-state index is 12.7. The molecule has 0 saturated heterocycles. The van der Waals surface area contributed by atoms with E-state index in [9.17, 15) is 4.79 Å². The van der Waals surface area contributed by atoms with Gasteiger partial charge in [-0.3, -0.25) is 0 Å². The number of nitrogens with zero attached hydrogens (tertiary/aromatic N) is 3. The van der Waals surface area contributed by atoms with Crippen LogP contribution in [0.4, 0.5) is 11.7 Å². The van der Waals surface area contributed by atoms with Gasteiger partial charge in [0, 0.05) is 10.6 Å². The lowest BCUT2D eigenvalue weighted by molar-refractivity contribution is 0.0528. The summed E-state index contributed by atoms with van der Waals surface area (Å²) in [6, 6.07) is 14.5. The van der Waals surface area contributed by atoms with Crippen LogP contribution in [0.15, 0.2) is 53.1 Å². The molecule has 0 bridgehead atoms. The van der Waals surface area contributed by atoms with Crippen LogP contribution in [-0.2, 0) is 4.74 Å². The second kappa shape index (κ2) is 7.89. The molecule has 0 fully saturated rings. The maximum atomic E-state index is 12.7. The number of aryl methyl sites for hydroxylation is 1. The fraction of sp³-hybridized carbons (Fsp3) is 0.143. The molecular formula is C21H17ClN4O3. The lowest BCUT2D eigenvalue weighted by Crippen LogP contribution is -2.09. The molecule has 4 rings (SSSR count). The molecule has 0 atom stereocenters. The number of carbonyl (C=O) groups is 1. The van der Waals surface area contributed by atoms with Crippen LogP contribution in [0.1, 0.15) is 23.0 Å². The molecule has 29 heavy (non-hydrogen) atoms. The van der Waals surface area contributed by atoms with Gasteiger partial charge >= 0.3 is 5.97 Å². The predicted molar refractivity (Wildman–Crippen MR) is 110 cm³/mol. The number of hydrogen-bond acceptors (Lipinski definition) is 7. The average molecular weight is 409 g/mol. The van der Waals surface area contributed by atoms with E-state index in [0.29, 0.717) is 27.8 Å². The fourth-order valence-corrected chi connectivity index (χ4v) is 3.01. The Balaban J connectivity index is 1.78. The predicted octanol–water partition coefficient (Wildman–Crippen LogP) is 5.17. The Kier molecular flexibility index (Phi) is 5.14. The van der Waals surface area contributed by atoms with Crippen molar-refractivity contribution in [1.29, 1.82) is 0 Å². The van der Waals surface area contributed by atoms with E-state index in [0.717, 1.165) is 11.0 Å². The van der Waals surface area contributed by atoms with E-state index in [1.165, 1.54) is 0 Å². The Morgan fingerprint density at radius 2 is 1.79 bits per heavy atom. The van der Waals surface area contributed by atoms with Crippen molar-refractivity contribution in [2.75, 3.05) is 11.9 Å². The van der Waals surface area contributed by atoms with Gasteiger partial charge in [0.05, 0.1) is 23.3 Å². The molecule has 1 N–H and O–H groups in total. The minimum atomic E-state index is -0.549. The highest BCUT2D eigenvalue weighted by Gasteiger charge is 2.26. The lowest BCUT2D eigenvalue weighted by Gasteiger charge is -2.09. The minimum absolute atomic E-state index is 0.140. The van der Waals surface area contributed by atoms with Gasteiger partial charge < -0.3 is 14.6 Å². The molecule has 2 heterocycles. The van der Waals surface area contributed by atoms with Crippen molar-refractivity contribution in [3.8, 4) is 11.3 Å². The summed E-state index contributed by atoms with van der Waals surface area (Å²) in [7, 11) is 0. The molecule has 0 radical (unpaired) electrons. The van der Waals surface area contributed by atoms with Crippen LogP contribution in [0.5, 0.6) is 0 Å². The van der Waals surface area contributed by atoms with Gasteiger partial charge in [0.25, 0.3) is 0 Å². The maximum Gasteiger partial charge on any atom is 0.346 e. The zero-order valence-electron chi connectivity index (χ0n) is 15.8. The second-order valence-electron chi connectivity index (χ2n) is 6.23. The van der Waals surface area contributed by atoms with Gasteiger partial charge in [-0.15, -0.1) is 0 Å². The standard InChI is InChI=1S/C21H17ClN4O3/c1-3-28-21(27)17-18(13-8-10-14(22)11-9-13)26-29-20(17)25-19-12(2)23-15-6-4-5-7-16(15)24-19/h4-11H,3H2,1-2H3,(H,24,25). The van der Waals surface area contributed by atoms with Gasteiger partial charge in [-0.2, -0.15) is 0 Å². The lowest BCUT2D eigenvalue weighted by atomic mass is 10.1. The Bertz CT molecular complexity index is 1190. The highest BCUT2D eigenvalue weighted by atomic mass is 35.5. The first kappa shape index (κ1) is 18.9. The van der Waals surface area contributed by atoms with Gasteiger partial charge in [0.15, 0.2) is 11.4 Å². The Labute approximate surface area is 171 Å². The number of fused-ring (bicyclic) bond motifs is 1. The summed E-state index contributed by atoms with van der Waals surface area (Å²) in [5.41, 5.74) is 3.37. The number of nitrogens with one attached hydrogen (secondary N) is 1. The minimum Gasteiger partial charge on any atom is -0.462 e. The number of benzene rings is 2. The number of para-hydroxylation sites is 2. The van der Waals surface area contributed by atoms with E-state index in [1.54, 1.807) is 31.2 Å². The third kappa shape index (κ3) is 3.77. The Morgan fingerprint density at radius 3 is 2.48 bits per heavy atom. The monoisotopic (exact) mass is 408 g/mol. The van der Waals surface area contributed by atoms with Crippen LogP contribution in [0.25, 0.3) is 22.3 Å². The summed E-state index contributed by atoms with van der Waals surface area (Å²) in [5, 5.41) is 7.70. The summed E-state index contributed by atoms with van der Waals surface area (Å²) >= 11 is 5.97.